The van der Waals surface area contributed by atoms with Gasteiger partial charge in [0.15, 0.2) is 0 Å². The van der Waals surface area contributed by atoms with E-state index in [0.29, 0.717) is 12.0 Å². The summed E-state index contributed by atoms with van der Waals surface area (Å²) in [4.78, 5) is 11.6. The number of aromatic nitrogens is 2. The molecule has 4 rings (SSSR count). The van der Waals surface area contributed by atoms with Crippen LogP contribution >= 0.6 is 11.3 Å². The zero-order chi connectivity index (χ0) is 14.2. The summed E-state index contributed by atoms with van der Waals surface area (Å²) in [7, 11) is 0. The third-order valence-corrected chi connectivity index (χ3v) is 5.72. The summed E-state index contributed by atoms with van der Waals surface area (Å²) >= 11 is 1.68. The maximum absolute atomic E-state index is 6.21. The molecule has 0 radical (unpaired) electrons. The third kappa shape index (κ3) is 2.61. The molecule has 0 bridgehead atoms. The molecule has 3 unspecified atom stereocenters. The highest BCUT2D eigenvalue weighted by molar-refractivity contribution is 7.13. The summed E-state index contributed by atoms with van der Waals surface area (Å²) in [5.41, 5.74) is 8.34. The van der Waals surface area contributed by atoms with Gasteiger partial charge in [-0.15, -0.1) is 11.3 Å². The molecule has 110 valence electrons. The number of likely N-dealkylation sites (tertiary alicyclic amines) is 1. The van der Waals surface area contributed by atoms with Crippen molar-refractivity contribution in [2.45, 2.75) is 25.4 Å². The predicted molar refractivity (Wildman–Crippen MR) is 84.8 cm³/mol. The van der Waals surface area contributed by atoms with Gasteiger partial charge in [0, 0.05) is 37.3 Å². The van der Waals surface area contributed by atoms with Crippen LogP contribution in [0.2, 0.25) is 0 Å². The van der Waals surface area contributed by atoms with Gasteiger partial charge in [-0.2, -0.15) is 0 Å². The molecule has 3 atom stereocenters. The highest BCUT2D eigenvalue weighted by Crippen LogP contribution is 2.37. The highest BCUT2D eigenvalue weighted by atomic mass is 32.1. The lowest BCUT2D eigenvalue weighted by Crippen LogP contribution is -2.30. The van der Waals surface area contributed by atoms with E-state index in [4.69, 9.17) is 10.7 Å². The van der Waals surface area contributed by atoms with Gasteiger partial charge in [0.25, 0.3) is 0 Å². The molecule has 2 N–H and O–H groups in total. The Balaban J connectivity index is 1.44. The fourth-order valence-electron chi connectivity index (χ4n) is 3.74. The van der Waals surface area contributed by atoms with Crippen molar-refractivity contribution in [2.24, 2.45) is 17.6 Å². The Labute approximate surface area is 129 Å². The van der Waals surface area contributed by atoms with Crippen LogP contribution in [-0.2, 0) is 6.54 Å². The molecule has 2 aromatic heterocycles. The van der Waals surface area contributed by atoms with Crippen LogP contribution in [0.4, 0.5) is 0 Å². The Morgan fingerprint density at radius 1 is 1.29 bits per heavy atom. The minimum atomic E-state index is 0.416. The van der Waals surface area contributed by atoms with Gasteiger partial charge in [0.05, 0.1) is 11.4 Å². The normalized spacial score (nSPS) is 28.9. The first kappa shape index (κ1) is 13.4. The molecule has 2 fully saturated rings. The van der Waals surface area contributed by atoms with Gasteiger partial charge < -0.3 is 5.73 Å². The molecule has 2 aliphatic rings. The Hall–Kier alpha value is -1.30. The largest absolute Gasteiger partial charge is 0.327 e. The number of thiazole rings is 1. The Bertz CT molecular complexity index is 612. The van der Waals surface area contributed by atoms with Crippen LogP contribution in [0.15, 0.2) is 29.8 Å². The van der Waals surface area contributed by atoms with E-state index in [1.807, 2.05) is 24.4 Å². The van der Waals surface area contributed by atoms with E-state index in [1.54, 1.807) is 11.3 Å². The van der Waals surface area contributed by atoms with Crippen LogP contribution in [0.3, 0.4) is 0 Å². The van der Waals surface area contributed by atoms with E-state index in [0.717, 1.165) is 35.4 Å². The summed E-state index contributed by atoms with van der Waals surface area (Å²) in [6.07, 6.45) is 4.34. The molecular weight excluding hydrogens is 280 g/mol. The molecule has 1 aliphatic heterocycles. The van der Waals surface area contributed by atoms with Crippen molar-refractivity contribution in [1.82, 2.24) is 14.9 Å². The molecule has 3 heterocycles. The average molecular weight is 300 g/mol. The van der Waals surface area contributed by atoms with Crippen molar-refractivity contribution in [1.29, 1.82) is 0 Å². The van der Waals surface area contributed by atoms with E-state index in [9.17, 15) is 0 Å². The fourth-order valence-corrected chi connectivity index (χ4v) is 4.53. The van der Waals surface area contributed by atoms with Crippen molar-refractivity contribution in [2.75, 3.05) is 13.1 Å². The first-order valence-corrected chi connectivity index (χ1v) is 8.51. The van der Waals surface area contributed by atoms with Crippen molar-refractivity contribution >= 4 is 11.3 Å². The van der Waals surface area contributed by atoms with E-state index in [-0.39, 0.29) is 0 Å². The van der Waals surface area contributed by atoms with Crippen LogP contribution in [0.5, 0.6) is 0 Å². The maximum Gasteiger partial charge on any atom is 0.142 e. The molecular formula is C16H20N4S. The van der Waals surface area contributed by atoms with E-state index < -0.39 is 0 Å². The minimum Gasteiger partial charge on any atom is -0.327 e. The Morgan fingerprint density at radius 2 is 2.24 bits per heavy atom. The molecule has 1 aliphatic carbocycles. The highest BCUT2D eigenvalue weighted by Gasteiger charge is 2.40. The first-order chi connectivity index (χ1) is 10.3. The molecule has 0 aromatic carbocycles. The monoisotopic (exact) mass is 300 g/mol. The van der Waals surface area contributed by atoms with Gasteiger partial charge in [-0.05, 0) is 36.8 Å². The maximum atomic E-state index is 6.21. The van der Waals surface area contributed by atoms with Gasteiger partial charge >= 0.3 is 0 Å². The first-order valence-electron chi connectivity index (χ1n) is 7.63. The lowest BCUT2D eigenvalue weighted by molar-refractivity contribution is 0.295. The summed E-state index contributed by atoms with van der Waals surface area (Å²) in [5.74, 6) is 1.52. The number of pyridine rings is 1. The van der Waals surface area contributed by atoms with Gasteiger partial charge in [0.2, 0.25) is 0 Å². The standard InChI is InChI=1S/C16H20N4S/c17-14-5-4-11-7-20(9-13(11)14)8-12-10-21-16(19-12)15-3-1-2-6-18-15/h1-3,6,10-11,13-14H,4-5,7-9,17H2. The van der Waals surface area contributed by atoms with Crippen LogP contribution in [0.1, 0.15) is 18.5 Å². The van der Waals surface area contributed by atoms with E-state index >= 15 is 0 Å². The molecule has 5 heteroatoms. The molecule has 21 heavy (non-hydrogen) atoms. The van der Waals surface area contributed by atoms with Gasteiger partial charge in [-0.3, -0.25) is 9.88 Å². The van der Waals surface area contributed by atoms with Crippen molar-refractivity contribution in [3.63, 3.8) is 0 Å². The number of rotatable bonds is 3. The smallest absolute Gasteiger partial charge is 0.142 e. The second-order valence-electron chi connectivity index (χ2n) is 6.22. The summed E-state index contributed by atoms with van der Waals surface area (Å²) in [6.45, 7) is 3.28. The van der Waals surface area contributed by atoms with E-state index in [2.05, 4.69) is 15.3 Å². The summed E-state index contributed by atoms with van der Waals surface area (Å²) in [6, 6.07) is 6.37. The number of nitrogens with zero attached hydrogens (tertiary/aromatic N) is 3. The zero-order valence-corrected chi connectivity index (χ0v) is 12.8. The lowest BCUT2D eigenvalue weighted by Gasteiger charge is -2.16. The zero-order valence-electron chi connectivity index (χ0n) is 12.0. The van der Waals surface area contributed by atoms with Gasteiger partial charge in [-0.1, -0.05) is 6.07 Å². The lowest BCUT2D eigenvalue weighted by atomic mass is 9.98. The topological polar surface area (TPSA) is 55.0 Å². The number of hydrogen-bond acceptors (Lipinski definition) is 5. The Kier molecular flexibility index (Phi) is 3.49. The van der Waals surface area contributed by atoms with E-state index in [1.165, 1.54) is 19.4 Å². The van der Waals surface area contributed by atoms with Gasteiger partial charge in [0.1, 0.15) is 5.01 Å². The minimum absolute atomic E-state index is 0.416. The molecule has 1 saturated carbocycles. The summed E-state index contributed by atoms with van der Waals surface area (Å²) < 4.78 is 0. The number of nitrogens with two attached hydrogens (primary N) is 1. The molecule has 0 spiro atoms. The Morgan fingerprint density at radius 3 is 3.05 bits per heavy atom. The number of hydrogen-bond donors (Lipinski definition) is 1. The third-order valence-electron chi connectivity index (χ3n) is 4.81. The molecule has 1 saturated heterocycles. The number of fused-ring (bicyclic) bond motifs is 1. The van der Waals surface area contributed by atoms with Crippen LogP contribution < -0.4 is 5.73 Å². The van der Waals surface area contributed by atoms with Crippen molar-refractivity contribution in [3.05, 3.63) is 35.5 Å². The van der Waals surface area contributed by atoms with Crippen molar-refractivity contribution < 1.29 is 0 Å². The van der Waals surface area contributed by atoms with Crippen LogP contribution in [-0.4, -0.2) is 34.0 Å². The fraction of sp³-hybridized carbons (Fsp3) is 0.500. The molecule has 0 amide bonds. The predicted octanol–water partition coefficient (Wildman–Crippen LogP) is 2.37. The average Bonchev–Trinajstić information content (AvgIpc) is 3.19. The molecule has 2 aromatic rings. The SMILES string of the molecule is NC1CCC2CN(Cc3csc(-c4ccccn4)n3)CC12. The second kappa shape index (κ2) is 5.48. The van der Waals surface area contributed by atoms with Crippen LogP contribution in [0, 0.1) is 11.8 Å². The van der Waals surface area contributed by atoms with Crippen LogP contribution in [0.25, 0.3) is 10.7 Å². The summed E-state index contributed by atoms with van der Waals surface area (Å²) in [5, 5.41) is 3.18. The van der Waals surface area contributed by atoms with Crippen molar-refractivity contribution in [3.8, 4) is 10.7 Å². The quantitative estimate of drug-likeness (QED) is 0.945. The van der Waals surface area contributed by atoms with Gasteiger partial charge in [-0.25, -0.2) is 4.98 Å². The second-order valence-corrected chi connectivity index (χ2v) is 7.08. The molecule has 4 nitrogen and oxygen atoms in total.